The highest BCUT2D eigenvalue weighted by Crippen LogP contribution is 2.24. The van der Waals surface area contributed by atoms with Crippen molar-refractivity contribution in [3.8, 4) is 0 Å². The second-order valence-corrected chi connectivity index (χ2v) is 6.07. The molecule has 1 amide bonds. The molecule has 0 saturated carbocycles. The van der Waals surface area contributed by atoms with E-state index in [0.717, 1.165) is 0 Å². The van der Waals surface area contributed by atoms with E-state index in [9.17, 15) is 14.7 Å². The predicted octanol–water partition coefficient (Wildman–Crippen LogP) is 2.85. The topological polar surface area (TPSA) is 75.6 Å². The van der Waals surface area contributed by atoms with Crippen LogP contribution in [0.2, 0.25) is 10.0 Å². The molecule has 1 unspecified atom stereocenters. The molecule has 0 aromatic heterocycles. The number of aliphatic carboxylic acids is 1. The van der Waals surface area contributed by atoms with Crippen LogP contribution in [-0.2, 0) is 9.53 Å². The molecule has 1 aromatic carbocycles. The number of ether oxygens (including phenoxy) is 1. The molecule has 120 valence electrons. The molecule has 0 spiro atoms. The summed E-state index contributed by atoms with van der Waals surface area (Å²) < 4.78 is 5.24. The summed E-state index contributed by atoms with van der Waals surface area (Å²) in [4.78, 5) is 23.6. The summed E-state index contributed by atoms with van der Waals surface area (Å²) in [5.41, 5.74) is 0.280. The van der Waals surface area contributed by atoms with E-state index in [0.29, 0.717) is 31.1 Å². The van der Waals surface area contributed by atoms with Crippen molar-refractivity contribution >= 4 is 35.1 Å². The lowest BCUT2D eigenvalue weighted by atomic mass is 9.86. The third kappa shape index (κ3) is 4.35. The Morgan fingerprint density at radius 2 is 2.00 bits per heavy atom. The second kappa shape index (κ2) is 7.81. The fourth-order valence-corrected chi connectivity index (χ4v) is 3.04. The number of carbonyl (C=O) groups is 2. The average molecular weight is 346 g/mol. The van der Waals surface area contributed by atoms with E-state index in [1.54, 1.807) is 6.07 Å². The number of nitrogens with one attached hydrogen (secondary N) is 1. The zero-order valence-corrected chi connectivity index (χ0v) is 13.4. The maximum absolute atomic E-state index is 12.1. The van der Waals surface area contributed by atoms with Crippen LogP contribution in [0, 0.1) is 11.8 Å². The number of carboxylic acids is 1. The first kappa shape index (κ1) is 17.1. The summed E-state index contributed by atoms with van der Waals surface area (Å²) in [6, 6.07) is 4.56. The smallest absolute Gasteiger partial charge is 0.308 e. The van der Waals surface area contributed by atoms with Gasteiger partial charge in [-0.3, -0.25) is 9.59 Å². The van der Waals surface area contributed by atoms with Gasteiger partial charge in [-0.25, -0.2) is 0 Å². The molecule has 1 aromatic rings. The highest BCUT2D eigenvalue weighted by atomic mass is 35.5. The van der Waals surface area contributed by atoms with Gasteiger partial charge < -0.3 is 15.2 Å². The van der Waals surface area contributed by atoms with Crippen LogP contribution in [0.15, 0.2) is 18.2 Å². The Hall–Kier alpha value is -1.30. The Kier molecular flexibility index (Phi) is 6.06. The molecule has 0 aliphatic carbocycles. The van der Waals surface area contributed by atoms with E-state index >= 15 is 0 Å². The third-order valence-electron chi connectivity index (χ3n) is 3.81. The molecule has 22 heavy (non-hydrogen) atoms. The first-order valence-corrected chi connectivity index (χ1v) is 7.78. The molecule has 1 atom stereocenters. The van der Waals surface area contributed by atoms with Crippen molar-refractivity contribution in [3.63, 3.8) is 0 Å². The zero-order chi connectivity index (χ0) is 16.1. The largest absolute Gasteiger partial charge is 0.481 e. The number of rotatable bonds is 5. The summed E-state index contributed by atoms with van der Waals surface area (Å²) in [5, 5.41) is 12.7. The van der Waals surface area contributed by atoms with Crippen LogP contribution in [0.1, 0.15) is 23.2 Å². The molecule has 7 heteroatoms. The van der Waals surface area contributed by atoms with Crippen LogP contribution >= 0.6 is 23.2 Å². The van der Waals surface area contributed by atoms with E-state index in [-0.39, 0.29) is 23.0 Å². The van der Waals surface area contributed by atoms with Gasteiger partial charge in [0.25, 0.3) is 5.91 Å². The van der Waals surface area contributed by atoms with Crippen molar-refractivity contribution in [2.24, 2.45) is 11.8 Å². The van der Waals surface area contributed by atoms with Gasteiger partial charge >= 0.3 is 5.97 Å². The molecule has 1 aliphatic rings. The summed E-state index contributed by atoms with van der Waals surface area (Å²) in [6.07, 6.45) is 1.38. The van der Waals surface area contributed by atoms with E-state index in [1.807, 2.05) is 0 Å². The standard InChI is InChI=1S/C15H17Cl2NO4/c16-10-1-2-11(13(17)7-10)14(19)18-8-12(15(20)21)9-3-5-22-6-4-9/h1-2,7,9,12H,3-6,8H2,(H,18,19)(H,20,21). The van der Waals surface area contributed by atoms with Gasteiger partial charge in [0.2, 0.25) is 0 Å². The highest BCUT2D eigenvalue weighted by molar-refractivity contribution is 6.36. The van der Waals surface area contributed by atoms with Gasteiger partial charge in [0.15, 0.2) is 0 Å². The fourth-order valence-electron chi connectivity index (χ4n) is 2.55. The van der Waals surface area contributed by atoms with Crippen LogP contribution in [-0.4, -0.2) is 36.7 Å². The van der Waals surface area contributed by atoms with Gasteiger partial charge in [0.1, 0.15) is 0 Å². The number of benzene rings is 1. The number of carbonyl (C=O) groups excluding carboxylic acids is 1. The fraction of sp³-hybridized carbons (Fsp3) is 0.467. The first-order chi connectivity index (χ1) is 10.5. The van der Waals surface area contributed by atoms with E-state index in [2.05, 4.69) is 5.32 Å². The van der Waals surface area contributed by atoms with Crippen molar-refractivity contribution in [2.75, 3.05) is 19.8 Å². The van der Waals surface area contributed by atoms with Gasteiger partial charge in [0.05, 0.1) is 16.5 Å². The van der Waals surface area contributed by atoms with Gasteiger partial charge in [-0.05, 0) is 37.0 Å². The molecule has 1 saturated heterocycles. The lowest BCUT2D eigenvalue weighted by Gasteiger charge is -2.27. The molecule has 2 N–H and O–H groups in total. The van der Waals surface area contributed by atoms with Crippen LogP contribution < -0.4 is 5.32 Å². The first-order valence-electron chi connectivity index (χ1n) is 7.03. The van der Waals surface area contributed by atoms with Gasteiger partial charge in [-0.1, -0.05) is 23.2 Å². The molecule has 5 nitrogen and oxygen atoms in total. The second-order valence-electron chi connectivity index (χ2n) is 5.23. The molecule has 0 radical (unpaired) electrons. The molecule has 1 fully saturated rings. The van der Waals surface area contributed by atoms with Crippen molar-refractivity contribution in [1.82, 2.24) is 5.32 Å². The predicted molar refractivity (Wildman–Crippen MR) is 83.5 cm³/mol. The van der Waals surface area contributed by atoms with Crippen molar-refractivity contribution in [3.05, 3.63) is 33.8 Å². The van der Waals surface area contributed by atoms with Crippen LogP contribution in [0.4, 0.5) is 0 Å². The van der Waals surface area contributed by atoms with Crippen molar-refractivity contribution in [1.29, 1.82) is 0 Å². The normalized spacial score (nSPS) is 17.0. The number of carboxylic acid groups (broad SMARTS) is 1. The quantitative estimate of drug-likeness (QED) is 0.860. The van der Waals surface area contributed by atoms with E-state index in [4.69, 9.17) is 27.9 Å². The summed E-state index contributed by atoms with van der Waals surface area (Å²) in [5.74, 6) is -1.93. The van der Waals surface area contributed by atoms with Crippen LogP contribution in [0.25, 0.3) is 0 Å². The van der Waals surface area contributed by atoms with Crippen molar-refractivity contribution in [2.45, 2.75) is 12.8 Å². The maximum Gasteiger partial charge on any atom is 0.308 e. The summed E-state index contributed by atoms with van der Waals surface area (Å²) >= 11 is 11.8. The van der Waals surface area contributed by atoms with Gasteiger partial charge in [-0.2, -0.15) is 0 Å². The zero-order valence-electron chi connectivity index (χ0n) is 11.9. The number of halogens is 2. The third-order valence-corrected chi connectivity index (χ3v) is 4.36. The Balaban J connectivity index is 1.99. The van der Waals surface area contributed by atoms with Crippen molar-refractivity contribution < 1.29 is 19.4 Å². The molecule has 2 rings (SSSR count). The minimum absolute atomic E-state index is 0.00670. The molecular weight excluding hydrogens is 329 g/mol. The molecule has 1 aliphatic heterocycles. The monoisotopic (exact) mass is 345 g/mol. The Morgan fingerprint density at radius 1 is 1.32 bits per heavy atom. The lowest BCUT2D eigenvalue weighted by molar-refractivity contribution is -0.144. The minimum Gasteiger partial charge on any atom is -0.481 e. The van der Waals surface area contributed by atoms with Gasteiger partial charge in [0, 0.05) is 24.8 Å². The summed E-state index contributed by atoms with van der Waals surface area (Å²) in [6.45, 7) is 1.19. The number of amides is 1. The Morgan fingerprint density at radius 3 is 2.59 bits per heavy atom. The van der Waals surface area contributed by atoms with E-state index in [1.165, 1.54) is 12.1 Å². The maximum atomic E-state index is 12.1. The Labute approximate surface area is 138 Å². The number of hydrogen-bond acceptors (Lipinski definition) is 3. The van der Waals surface area contributed by atoms with Crippen LogP contribution in [0.5, 0.6) is 0 Å². The average Bonchev–Trinajstić information content (AvgIpc) is 2.48. The van der Waals surface area contributed by atoms with Gasteiger partial charge in [-0.15, -0.1) is 0 Å². The molecular formula is C15H17Cl2NO4. The summed E-state index contributed by atoms with van der Waals surface area (Å²) in [7, 11) is 0. The van der Waals surface area contributed by atoms with Crippen LogP contribution in [0.3, 0.4) is 0 Å². The molecule has 0 bridgehead atoms. The molecule has 1 heterocycles. The lowest BCUT2D eigenvalue weighted by Crippen LogP contribution is -2.39. The SMILES string of the molecule is O=C(NCC(C(=O)O)C1CCOCC1)c1ccc(Cl)cc1Cl. The Bertz CT molecular complexity index is 558. The minimum atomic E-state index is -0.908. The van der Waals surface area contributed by atoms with E-state index < -0.39 is 17.8 Å². The highest BCUT2D eigenvalue weighted by Gasteiger charge is 2.30. The number of hydrogen-bond donors (Lipinski definition) is 2.